The fourth-order valence-corrected chi connectivity index (χ4v) is 6.23. The smallest absolute Gasteiger partial charge is 0.377 e. The molecular weight excluding hydrogens is 563 g/mol. The highest BCUT2D eigenvalue weighted by atomic mass is 35.5. The predicted molar refractivity (Wildman–Crippen MR) is 147 cm³/mol. The molecule has 6 rings (SSSR count). The number of benzene rings is 1. The number of aromatic nitrogens is 4. The van der Waals surface area contributed by atoms with E-state index in [9.17, 15) is 22.8 Å². The molecule has 2 atom stereocenters. The molecule has 2 unspecified atom stereocenters. The van der Waals surface area contributed by atoms with Gasteiger partial charge < -0.3 is 24.8 Å². The third kappa shape index (κ3) is 5.10. The average Bonchev–Trinajstić information content (AvgIpc) is 3.49. The first-order valence-corrected chi connectivity index (χ1v) is 14.0. The number of nitrogens with zero attached hydrogens (tertiary/aromatic N) is 5. The van der Waals surface area contributed by atoms with Gasteiger partial charge in [-0.2, -0.15) is 22.7 Å². The van der Waals surface area contributed by atoms with E-state index in [0.29, 0.717) is 43.3 Å². The Labute approximate surface area is 238 Å². The van der Waals surface area contributed by atoms with Crippen LogP contribution in [0.25, 0.3) is 11.4 Å². The lowest BCUT2D eigenvalue weighted by atomic mass is 10.1. The molecule has 0 saturated carbocycles. The summed E-state index contributed by atoms with van der Waals surface area (Å²) in [6.45, 7) is 4.09. The van der Waals surface area contributed by atoms with E-state index in [0.717, 1.165) is 49.7 Å². The number of ether oxygens (including phenoxy) is 1. The van der Waals surface area contributed by atoms with E-state index in [4.69, 9.17) is 21.3 Å². The second-order valence-corrected chi connectivity index (χ2v) is 10.8. The number of carbonyl (C=O) groups is 1. The van der Waals surface area contributed by atoms with Crippen LogP contribution in [0.4, 0.5) is 24.5 Å². The Morgan fingerprint density at radius 2 is 2.00 bits per heavy atom. The molecule has 2 fully saturated rings. The molecule has 41 heavy (non-hydrogen) atoms. The molecule has 3 aliphatic heterocycles. The van der Waals surface area contributed by atoms with Crippen molar-refractivity contribution in [1.29, 1.82) is 0 Å². The Morgan fingerprint density at radius 3 is 2.63 bits per heavy atom. The lowest BCUT2D eigenvalue weighted by Gasteiger charge is -2.38. The number of alkyl halides is 3. The second-order valence-electron chi connectivity index (χ2n) is 10.4. The Hall–Kier alpha value is -3.42. The van der Waals surface area contributed by atoms with Gasteiger partial charge in [0.15, 0.2) is 5.82 Å². The number of piperazine rings is 1. The summed E-state index contributed by atoms with van der Waals surface area (Å²) < 4.78 is 47.6. The van der Waals surface area contributed by atoms with Crippen LogP contribution in [0.1, 0.15) is 43.3 Å². The van der Waals surface area contributed by atoms with E-state index in [1.807, 2.05) is 13.0 Å². The monoisotopic (exact) mass is 591 g/mol. The van der Waals surface area contributed by atoms with Crippen molar-refractivity contribution in [2.75, 3.05) is 36.5 Å². The molecule has 5 heterocycles. The minimum atomic E-state index is -4.56. The minimum absolute atomic E-state index is 0.0506. The first kappa shape index (κ1) is 27.7. The topological polar surface area (TPSA) is 106 Å². The molecule has 2 bridgehead atoms. The van der Waals surface area contributed by atoms with Gasteiger partial charge in [0.1, 0.15) is 12.2 Å². The fourth-order valence-electron chi connectivity index (χ4n) is 6.01. The van der Waals surface area contributed by atoms with Crippen LogP contribution in [0, 0.1) is 0 Å². The number of hydrogen-bond donors (Lipinski definition) is 2. The summed E-state index contributed by atoms with van der Waals surface area (Å²) in [7, 11) is 0. The molecule has 2 saturated heterocycles. The number of fused-ring (bicyclic) bond motifs is 3. The SMILES string of the molecule is CCc1c(N2C3CCC2CNC3)c(=O)n2nc(C3=CCOCC3)nc2n1CC(=O)Nc1ccc(C(F)(F)F)cc1Cl. The van der Waals surface area contributed by atoms with Gasteiger partial charge in [0.25, 0.3) is 5.56 Å². The molecule has 0 radical (unpaired) electrons. The largest absolute Gasteiger partial charge is 0.416 e. The number of amides is 1. The maximum Gasteiger partial charge on any atom is 0.416 e. The van der Waals surface area contributed by atoms with Crippen molar-refractivity contribution in [3.8, 4) is 0 Å². The van der Waals surface area contributed by atoms with E-state index < -0.39 is 17.6 Å². The molecule has 3 aliphatic rings. The molecular formula is C27H29ClF3N7O3. The van der Waals surface area contributed by atoms with Crippen LogP contribution < -0.4 is 21.1 Å². The molecule has 0 aliphatic carbocycles. The molecule has 2 N–H and O–H groups in total. The number of nitrogens with one attached hydrogen (secondary N) is 2. The summed E-state index contributed by atoms with van der Waals surface area (Å²) in [4.78, 5) is 34.3. The second kappa shape index (κ2) is 10.8. The van der Waals surface area contributed by atoms with Crippen LogP contribution in [0.3, 0.4) is 0 Å². The van der Waals surface area contributed by atoms with E-state index in [1.165, 1.54) is 4.52 Å². The molecule has 10 nitrogen and oxygen atoms in total. The summed E-state index contributed by atoms with van der Waals surface area (Å²) in [6.07, 6.45) is 0.242. The van der Waals surface area contributed by atoms with Crippen LogP contribution >= 0.6 is 11.6 Å². The van der Waals surface area contributed by atoms with E-state index in [1.54, 1.807) is 4.57 Å². The first-order valence-electron chi connectivity index (χ1n) is 13.6. The van der Waals surface area contributed by atoms with Gasteiger partial charge in [-0.1, -0.05) is 24.6 Å². The number of carbonyl (C=O) groups excluding carboxylic acids is 1. The van der Waals surface area contributed by atoms with Crippen molar-refractivity contribution < 1.29 is 22.7 Å². The molecule has 2 aromatic heterocycles. The van der Waals surface area contributed by atoms with Crippen molar-refractivity contribution in [3.05, 3.63) is 56.7 Å². The van der Waals surface area contributed by atoms with Gasteiger partial charge in [-0.3, -0.25) is 9.59 Å². The highest BCUT2D eigenvalue weighted by Gasteiger charge is 2.40. The van der Waals surface area contributed by atoms with Gasteiger partial charge in [-0.15, -0.1) is 5.10 Å². The van der Waals surface area contributed by atoms with Gasteiger partial charge in [0.05, 0.1) is 35.2 Å². The molecule has 0 spiro atoms. The van der Waals surface area contributed by atoms with Crippen LogP contribution in [0.15, 0.2) is 29.1 Å². The van der Waals surface area contributed by atoms with Crippen LogP contribution in [-0.2, 0) is 28.7 Å². The summed E-state index contributed by atoms with van der Waals surface area (Å²) in [5, 5.41) is 10.4. The quantitative estimate of drug-likeness (QED) is 0.452. The zero-order valence-corrected chi connectivity index (χ0v) is 23.1. The summed E-state index contributed by atoms with van der Waals surface area (Å²) in [5.74, 6) is 0.0814. The van der Waals surface area contributed by atoms with Crippen molar-refractivity contribution >= 4 is 40.2 Å². The Morgan fingerprint density at radius 1 is 1.24 bits per heavy atom. The molecule has 14 heteroatoms. The Kier molecular flexibility index (Phi) is 7.28. The van der Waals surface area contributed by atoms with E-state index in [-0.39, 0.29) is 40.7 Å². The molecule has 218 valence electrons. The van der Waals surface area contributed by atoms with Crippen LogP contribution in [-0.4, -0.2) is 63.5 Å². The zero-order chi connectivity index (χ0) is 28.9. The van der Waals surface area contributed by atoms with Crippen molar-refractivity contribution in [1.82, 2.24) is 24.5 Å². The van der Waals surface area contributed by atoms with Crippen molar-refractivity contribution in [2.24, 2.45) is 0 Å². The third-order valence-corrected chi connectivity index (χ3v) is 8.23. The number of hydrogen-bond acceptors (Lipinski definition) is 7. The van der Waals surface area contributed by atoms with E-state index >= 15 is 0 Å². The number of halogens is 4. The number of rotatable bonds is 6. The lowest BCUT2D eigenvalue weighted by molar-refractivity contribution is -0.137. The van der Waals surface area contributed by atoms with E-state index in [2.05, 4.69) is 20.6 Å². The average molecular weight is 592 g/mol. The zero-order valence-electron chi connectivity index (χ0n) is 22.3. The molecule has 1 aromatic carbocycles. The third-order valence-electron chi connectivity index (χ3n) is 7.92. The van der Waals surface area contributed by atoms with Gasteiger partial charge in [0.2, 0.25) is 11.7 Å². The molecule has 3 aromatic rings. The predicted octanol–water partition coefficient (Wildman–Crippen LogP) is 3.51. The summed E-state index contributed by atoms with van der Waals surface area (Å²) >= 11 is 6.09. The maximum atomic E-state index is 14.0. The van der Waals surface area contributed by atoms with Gasteiger partial charge in [-0.25, -0.2) is 0 Å². The van der Waals surface area contributed by atoms with Gasteiger partial charge >= 0.3 is 6.18 Å². The standard InChI is InChI=1S/C27H29ClF3N7O3/c1-2-21-23(37-17-4-5-18(37)13-32-12-17)25(40)38-26(34-24(35-38)15-7-9-41-10-8-15)36(21)14-22(39)33-20-6-3-16(11-19(20)28)27(29,30)31/h3,6-7,11,17-18,32H,2,4-5,8-10,12-14H2,1H3,(H,33,39). The number of anilines is 2. The maximum absolute atomic E-state index is 14.0. The van der Waals surface area contributed by atoms with Crippen molar-refractivity contribution in [3.63, 3.8) is 0 Å². The summed E-state index contributed by atoms with van der Waals surface area (Å²) in [5.41, 5.74) is 0.860. The first-order chi connectivity index (χ1) is 19.7. The van der Waals surface area contributed by atoms with Crippen LogP contribution in [0.5, 0.6) is 0 Å². The summed E-state index contributed by atoms with van der Waals surface area (Å²) in [6, 6.07) is 3.04. The normalized spacial score (nSPS) is 20.9. The van der Waals surface area contributed by atoms with Gasteiger partial charge in [-0.05, 0) is 49.5 Å². The molecule has 1 amide bonds. The van der Waals surface area contributed by atoms with Gasteiger partial charge in [0, 0.05) is 25.2 Å². The van der Waals surface area contributed by atoms with Crippen molar-refractivity contribution in [2.45, 2.75) is 57.4 Å². The minimum Gasteiger partial charge on any atom is -0.377 e. The van der Waals surface area contributed by atoms with Crippen LogP contribution in [0.2, 0.25) is 5.02 Å². The highest BCUT2D eigenvalue weighted by molar-refractivity contribution is 6.33. The Bertz CT molecular complexity index is 1580. The highest BCUT2D eigenvalue weighted by Crippen LogP contribution is 2.35. The Balaban J connectivity index is 1.43. The fraction of sp³-hybridized carbons (Fsp3) is 0.481. The lowest BCUT2D eigenvalue weighted by Crippen LogP contribution is -2.54.